The van der Waals surface area contributed by atoms with E-state index >= 15 is 0 Å². The topological polar surface area (TPSA) is 95.5 Å². The number of piperazine rings is 1. The smallest absolute Gasteiger partial charge is 0.317 e. The van der Waals surface area contributed by atoms with E-state index in [1.54, 1.807) is 4.90 Å². The van der Waals surface area contributed by atoms with E-state index in [0.717, 1.165) is 0 Å². The van der Waals surface area contributed by atoms with Gasteiger partial charge < -0.3 is 10.2 Å². The van der Waals surface area contributed by atoms with Gasteiger partial charge in [-0.1, -0.05) is 0 Å². The summed E-state index contributed by atoms with van der Waals surface area (Å²) in [4.78, 5) is 20.6. The lowest BCUT2D eigenvalue weighted by molar-refractivity contribution is 0.173. The van der Waals surface area contributed by atoms with E-state index in [1.165, 1.54) is 16.7 Å². The third-order valence-electron chi connectivity index (χ3n) is 3.09. The Morgan fingerprint density at radius 1 is 1.29 bits per heavy atom. The maximum Gasteiger partial charge on any atom is 0.317 e. The molecule has 10 heteroatoms. The minimum absolute atomic E-state index is 0.00152. The largest absolute Gasteiger partial charge is 0.338 e. The van der Waals surface area contributed by atoms with Crippen molar-refractivity contribution in [1.29, 1.82) is 0 Å². The summed E-state index contributed by atoms with van der Waals surface area (Å²) in [5.74, 6) is 0. The Labute approximate surface area is 128 Å². The Morgan fingerprint density at radius 3 is 2.38 bits per heavy atom. The molecule has 1 aliphatic rings. The van der Waals surface area contributed by atoms with Crippen molar-refractivity contribution in [2.45, 2.75) is 11.8 Å². The van der Waals surface area contributed by atoms with E-state index in [0.29, 0.717) is 19.6 Å². The molecule has 1 aromatic rings. The van der Waals surface area contributed by atoms with Gasteiger partial charge >= 0.3 is 6.03 Å². The Bertz CT molecular complexity index is 599. The molecule has 0 atom stereocenters. The summed E-state index contributed by atoms with van der Waals surface area (Å²) in [5.41, 5.74) is 0. The van der Waals surface area contributed by atoms with Gasteiger partial charge in [0.2, 0.25) is 15.3 Å². The average Bonchev–Trinajstić information content (AvgIpc) is 2.48. The van der Waals surface area contributed by atoms with Crippen LogP contribution >= 0.6 is 11.6 Å². The second-order valence-electron chi connectivity index (χ2n) is 4.41. The zero-order chi connectivity index (χ0) is 15.5. The summed E-state index contributed by atoms with van der Waals surface area (Å²) in [6.07, 6.45) is 2.36. The molecule has 21 heavy (non-hydrogen) atoms. The highest BCUT2D eigenvalue weighted by molar-refractivity contribution is 7.89. The molecule has 1 N–H and O–H groups in total. The third-order valence-corrected chi connectivity index (χ3v) is 5.13. The molecule has 1 aliphatic heterocycles. The molecule has 8 nitrogen and oxygen atoms in total. The van der Waals surface area contributed by atoms with Crippen LogP contribution in [0.3, 0.4) is 0 Å². The van der Waals surface area contributed by atoms with Crippen molar-refractivity contribution >= 4 is 27.7 Å². The zero-order valence-corrected chi connectivity index (χ0v) is 13.1. The average molecular weight is 334 g/mol. The van der Waals surface area contributed by atoms with Gasteiger partial charge in [-0.15, -0.1) is 0 Å². The molecule has 0 radical (unpaired) electrons. The van der Waals surface area contributed by atoms with E-state index in [-0.39, 0.29) is 29.3 Å². The van der Waals surface area contributed by atoms with Crippen LogP contribution in [0.1, 0.15) is 6.92 Å². The fourth-order valence-electron chi connectivity index (χ4n) is 1.98. The van der Waals surface area contributed by atoms with Crippen LogP contribution < -0.4 is 5.32 Å². The van der Waals surface area contributed by atoms with Gasteiger partial charge in [-0.25, -0.2) is 23.2 Å². The van der Waals surface area contributed by atoms with E-state index in [4.69, 9.17) is 11.6 Å². The van der Waals surface area contributed by atoms with Crippen molar-refractivity contribution in [3.8, 4) is 0 Å². The molecule has 0 saturated carbocycles. The van der Waals surface area contributed by atoms with Crippen LogP contribution in [0.2, 0.25) is 5.28 Å². The molecule has 1 saturated heterocycles. The summed E-state index contributed by atoms with van der Waals surface area (Å²) < 4.78 is 26.1. The molecule has 0 aromatic carbocycles. The maximum absolute atomic E-state index is 12.4. The second kappa shape index (κ2) is 6.54. The summed E-state index contributed by atoms with van der Waals surface area (Å²) in [6, 6.07) is -0.177. The van der Waals surface area contributed by atoms with Crippen LogP contribution in [0.25, 0.3) is 0 Å². The van der Waals surface area contributed by atoms with Crippen molar-refractivity contribution in [2.75, 3.05) is 32.7 Å². The van der Waals surface area contributed by atoms with Crippen LogP contribution in [0.5, 0.6) is 0 Å². The van der Waals surface area contributed by atoms with Crippen molar-refractivity contribution in [2.24, 2.45) is 0 Å². The zero-order valence-electron chi connectivity index (χ0n) is 11.5. The van der Waals surface area contributed by atoms with E-state index in [2.05, 4.69) is 15.3 Å². The van der Waals surface area contributed by atoms with Crippen molar-refractivity contribution < 1.29 is 13.2 Å². The van der Waals surface area contributed by atoms with Gasteiger partial charge in [0.05, 0.1) is 12.4 Å². The predicted octanol–water partition coefficient (Wildman–Crippen LogP) is 0.166. The second-order valence-corrected chi connectivity index (χ2v) is 6.69. The lowest BCUT2D eigenvalue weighted by Crippen LogP contribution is -2.53. The van der Waals surface area contributed by atoms with Crippen LogP contribution in [0, 0.1) is 0 Å². The van der Waals surface area contributed by atoms with Gasteiger partial charge in [-0.05, 0) is 18.5 Å². The number of halogens is 1. The standard InChI is InChI=1S/C11H16ClN5O3S/c1-2-13-11(18)16-3-5-17(6-4-16)21(19,20)9-7-14-10(12)15-8-9/h7-8H,2-6H2,1H3,(H,13,18). The molecular formula is C11H16ClN5O3S. The first-order valence-corrected chi connectivity index (χ1v) is 8.27. The molecule has 0 unspecified atom stereocenters. The summed E-state index contributed by atoms with van der Waals surface area (Å²) >= 11 is 5.55. The molecule has 0 aliphatic carbocycles. The first-order chi connectivity index (χ1) is 9.95. The van der Waals surface area contributed by atoms with E-state index in [1.807, 2.05) is 6.92 Å². The van der Waals surface area contributed by atoms with Gasteiger partial charge in [0, 0.05) is 32.7 Å². The van der Waals surface area contributed by atoms with Crippen LogP contribution in [-0.4, -0.2) is 66.3 Å². The van der Waals surface area contributed by atoms with Crippen LogP contribution in [0.15, 0.2) is 17.3 Å². The van der Waals surface area contributed by atoms with Crippen LogP contribution in [-0.2, 0) is 10.0 Å². The van der Waals surface area contributed by atoms with Crippen molar-refractivity contribution in [1.82, 2.24) is 24.5 Å². The third kappa shape index (κ3) is 3.60. The first kappa shape index (κ1) is 15.9. The molecule has 1 aromatic heterocycles. The number of nitrogens with zero attached hydrogens (tertiary/aromatic N) is 4. The van der Waals surface area contributed by atoms with Gasteiger partial charge in [0.25, 0.3) is 0 Å². The molecule has 2 heterocycles. The van der Waals surface area contributed by atoms with Crippen LogP contribution in [0.4, 0.5) is 4.79 Å². The monoisotopic (exact) mass is 333 g/mol. The normalized spacial score (nSPS) is 16.8. The van der Waals surface area contributed by atoms with Gasteiger partial charge in [0.15, 0.2) is 0 Å². The Kier molecular flexibility index (Phi) is 4.96. The summed E-state index contributed by atoms with van der Waals surface area (Å²) in [6.45, 7) is 3.54. The van der Waals surface area contributed by atoms with Crippen molar-refractivity contribution in [3.63, 3.8) is 0 Å². The molecule has 116 valence electrons. The maximum atomic E-state index is 12.4. The lowest BCUT2D eigenvalue weighted by atomic mass is 10.4. The highest BCUT2D eigenvalue weighted by Gasteiger charge is 2.30. The SMILES string of the molecule is CCNC(=O)N1CCN(S(=O)(=O)c2cnc(Cl)nc2)CC1. The number of nitrogens with one attached hydrogen (secondary N) is 1. The molecule has 0 spiro atoms. The number of sulfonamides is 1. The number of hydrogen-bond donors (Lipinski definition) is 1. The number of aromatic nitrogens is 2. The summed E-state index contributed by atoms with van der Waals surface area (Å²) in [5, 5.41) is 2.69. The first-order valence-electron chi connectivity index (χ1n) is 6.45. The molecule has 1 fully saturated rings. The fourth-order valence-corrected chi connectivity index (χ4v) is 3.39. The fraction of sp³-hybridized carbons (Fsp3) is 0.545. The number of rotatable bonds is 3. The predicted molar refractivity (Wildman–Crippen MR) is 76.4 cm³/mol. The Hall–Kier alpha value is -1.45. The minimum Gasteiger partial charge on any atom is -0.338 e. The summed E-state index contributed by atoms with van der Waals surface area (Å²) in [7, 11) is -3.65. The van der Waals surface area contributed by atoms with Crippen molar-refractivity contribution in [3.05, 3.63) is 17.7 Å². The van der Waals surface area contributed by atoms with E-state index in [9.17, 15) is 13.2 Å². The van der Waals surface area contributed by atoms with E-state index < -0.39 is 10.0 Å². The molecule has 2 amide bonds. The number of urea groups is 1. The molecule has 0 bridgehead atoms. The van der Waals surface area contributed by atoms with Gasteiger partial charge in [-0.3, -0.25) is 0 Å². The number of hydrogen-bond acceptors (Lipinski definition) is 5. The highest BCUT2D eigenvalue weighted by Crippen LogP contribution is 2.16. The number of amides is 2. The minimum atomic E-state index is -3.65. The Morgan fingerprint density at radius 2 is 1.86 bits per heavy atom. The molecular weight excluding hydrogens is 318 g/mol. The van der Waals surface area contributed by atoms with Gasteiger partial charge in [0.1, 0.15) is 4.90 Å². The Balaban J connectivity index is 2.04. The lowest BCUT2D eigenvalue weighted by Gasteiger charge is -2.33. The number of carbonyl (C=O) groups excluding carboxylic acids is 1. The quantitative estimate of drug-likeness (QED) is 0.795. The number of carbonyl (C=O) groups is 1. The molecule has 2 rings (SSSR count). The van der Waals surface area contributed by atoms with Gasteiger partial charge in [-0.2, -0.15) is 4.31 Å². The highest BCUT2D eigenvalue weighted by atomic mass is 35.5.